The fourth-order valence-electron chi connectivity index (χ4n) is 3.79. The van der Waals surface area contributed by atoms with Gasteiger partial charge in [-0.15, -0.1) is 11.3 Å². The van der Waals surface area contributed by atoms with Crippen molar-refractivity contribution in [3.8, 4) is 39.3 Å². The molecule has 1 N–H and O–H groups in total. The first-order chi connectivity index (χ1) is 13.3. The third kappa shape index (κ3) is 2.54. The summed E-state index contributed by atoms with van der Waals surface area (Å²) >= 11 is 1.58. The third-order valence-corrected chi connectivity index (χ3v) is 6.00. The van der Waals surface area contributed by atoms with Crippen LogP contribution in [0.3, 0.4) is 0 Å². The predicted octanol–water partition coefficient (Wildman–Crippen LogP) is 3.95. The van der Waals surface area contributed by atoms with Crippen LogP contribution in [0.25, 0.3) is 21.7 Å². The molecule has 0 radical (unpaired) electrons. The van der Waals surface area contributed by atoms with Crippen molar-refractivity contribution in [2.24, 2.45) is 0 Å². The number of ether oxygens (including phenoxy) is 2. The number of rotatable bonds is 1. The number of aromatic nitrogens is 1. The van der Waals surface area contributed by atoms with E-state index < -0.39 is 0 Å². The zero-order valence-electron chi connectivity index (χ0n) is 14.6. The van der Waals surface area contributed by atoms with E-state index in [1.807, 2.05) is 34.2 Å². The summed E-state index contributed by atoms with van der Waals surface area (Å²) < 4.78 is 13.6. The molecule has 1 aromatic carbocycles. The van der Waals surface area contributed by atoms with E-state index in [0.29, 0.717) is 25.3 Å². The number of nitriles is 1. The zero-order valence-corrected chi connectivity index (χ0v) is 15.4. The number of aryl methyl sites for hydroxylation is 1. The molecule has 0 fully saturated rings. The summed E-state index contributed by atoms with van der Waals surface area (Å²) in [4.78, 5) is 1.00. The molecule has 2 aromatic heterocycles. The smallest absolute Gasteiger partial charge is 0.161 e. The number of thiophene rings is 1. The highest BCUT2D eigenvalue weighted by atomic mass is 32.1. The number of fused-ring (bicyclic) bond motifs is 4. The van der Waals surface area contributed by atoms with Crippen molar-refractivity contribution < 1.29 is 9.47 Å². The Balaban J connectivity index is 1.77. The molecule has 0 bridgehead atoms. The van der Waals surface area contributed by atoms with Crippen molar-refractivity contribution in [1.29, 1.82) is 10.7 Å². The van der Waals surface area contributed by atoms with Crippen LogP contribution in [-0.2, 0) is 13.0 Å². The van der Waals surface area contributed by atoms with Crippen LogP contribution in [0.4, 0.5) is 0 Å². The van der Waals surface area contributed by atoms with Crippen LogP contribution in [0.5, 0.6) is 11.5 Å². The quantitative estimate of drug-likeness (QED) is 0.700. The second kappa shape index (κ2) is 6.29. The van der Waals surface area contributed by atoms with Crippen LogP contribution in [0, 0.1) is 16.7 Å². The van der Waals surface area contributed by atoms with Gasteiger partial charge < -0.3 is 14.0 Å². The van der Waals surface area contributed by atoms with Crippen LogP contribution >= 0.6 is 11.3 Å². The second-order valence-corrected chi connectivity index (χ2v) is 7.61. The van der Waals surface area contributed by atoms with Crippen molar-refractivity contribution in [2.45, 2.75) is 19.4 Å². The normalized spacial score (nSPS) is 14.6. The lowest BCUT2D eigenvalue weighted by Gasteiger charge is -2.25. The molecular weight excluding hydrogens is 358 g/mol. The van der Waals surface area contributed by atoms with Crippen molar-refractivity contribution >= 4 is 11.3 Å². The van der Waals surface area contributed by atoms with E-state index >= 15 is 0 Å². The SMILES string of the molecule is N#Cc1c(-c2cccs2)cc2n(c1=N)CCc1cc3c(cc1-2)OCCCO3. The van der Waals surface area contributed by atoms with Crippen molar-refractivity contribution in [3.63, 3.8) is 0 Å². The van der Waals surface area contributed by atoms with E-state index in [1.54, 1.807) is 11.3 Å². The molecule has 0 saturated heterocycles. The van der Waals surface area contributed by atoms with Gasteiger partial charge >= 0.3 is 0 Å². The van der Waals surface area contributed by atoms with Crippen LogP contribution in [0.1, 0.15) is 17.5 Å². The van der Waals surface area contributed by atoms with Crippen LogP contribution in [-0.4, -0.2) is 17.8 Å². The summed E-state index contributed by atoms with van der Waals surface area (Å²) in [6.07, 6.45) is 1.67. The minimum absolute atomic E-state index is 0.274. The number of pyridine rings is 1. The molecule has 3 aromatic rings. The fourth-order valence-corrected chi connectivity index (χ4v) is 4.54. The van der Waals surface area contributed by atoms with Crippen LogP contribution < -0.4 is 15.0 Å². The molecule has 0 amide bonds. The maximum Gasteiger partial charge on any atom is 0.161 e. The van der Waals surface area contributed by atoms with Gasteiger partial charge in [0, 0.05) is 29.0 Å². The molecule has 0 saturated carbocycles. The molecular formula is C21H17N3O2S. The topological polar surface area (TPSA) is 71.0 Å². The Morgan fingerprint density at radius 1 is 1.11 bits per heavy atom. The first-order valence-corrected chi connectivity index (χ1v) is 9.83. The first-order valence-electron chi connectivity index (χ1n) is 8.95. The van der Waals surface area contributed by atoms with Gasteiger partial charge in [0.2, 0.25) is 0 Å². The molecule has 0 spiro atoms. The highest BCUT2D eigenvalue weighted by Crippen LogP contribution is 2.40. The number of hydrogen-bond acceptors (Lipinski definition) is 5. The van der Waals surface area contributed by atoms with E-state index in [9.17, 15) is 5.26 Å². The molecule has 5 nitrogen and oxygen atoms in total. The summed E-state index contributed by atoms with van der Waals surface area (Å²) in [6.45, 7) is 1.99. The number of nitrogens with zero attached hydrogens (tertiary/aromatic N) is 2. The van der Waals surface area contributed by atoms with E-state index in [2.05, 4.69) is 12.1 Å². The summed E-state index contributed by atoms with van der Waals surface area (Å²) in [5.74, 6) is 1.56. The van der Waals surface area contributed by atoms with Crippen LogP contribution in [0.15, 0.2) is 35.7 Å². The Hall–Kier alpha value is -3.04. The average Bonchev–Trinajstić information content (AvgIpc) is 3.12. The van der Waals surface area contributed by atoms with Crippen molar-refractivity contribution in [2.75, 3.05) is 13.2 Å². The Morgan fingerprint density at radius 3 is 2.67 bits per heavy atom. The van der Waals surface area contributed by atoms with E-state index in [4.69, 9.17) is 14.9 Å². The Labute approximate surface area is 160 Å². The van der Waals surface area contributed by atoms with Gasteiger partial charge in [0.15, 0.2) is 11.5 Å². The summed E-state index contributed by atoms with van der Waals surface area (Å²) in [5, 5.41) is 20.3. The van der Waals surface area contributed by atoms with Gasteiger partial charge in [0.25, 0.3) is 0 Å². The first kappa shape index (κ1) is 16.2. The van der Waals surface area contributed by atoms with Crippen molar-refractivity contribution in [3.05, 3.63) is 52.3 Å². The monoisotopic (exact) mass is 375 g/mol. The largest absolute Gasteiger partial charge is 0.490 e. The Bertz CT molecular complexity index is 1140. The van der Waals surface area contributed by atoms with Gasteiger partial charge in [0.05, 0.1) is 18.9 Å². The van der Waals surface area contributed by atoms with Crippen molar-refractivity contribution in [1.82, 2.24) is 4.57 Å². The van der Waals surface area contributed by atoms with Gasteiger partial charge in [-0.3, -0.25) is 5.41 Å². The van der Waals surface area contributed by atoms with Gasteiger partial charge in [-0.1, -0.05) is 6.07 Å². The van der Waals surface area contributed by atoms with E-state index in [-0.39, 0.29) is 5.49 Å². The highest BCUT2D eigenvalue weighted by molar-refractivity contribution is 7.13. The maximum atomic E-state index is 9.67. The fraction of sp³-hybridized carbons (Fsp3) is 0.238. The molecule has 5 rings (SSSR count). The molecule has 4 heterocycles. The average molecular weight is 375 g/mol. The minimum atomic E-state index is 0.274. The number of benzene rings is 1. The molecule has 2 aliphatic heterocycles. The van der Waals surface area contributed by atoms with E-state index in [1.165, 1.54) is 5.56 Å². The molecule has 0 unspecified atom stereocenters. The predicted molar refractivity (Wildman–Crippen MR) is 103 cm³/mol. The number of nitrogens with one attached hydrogen (secondary N) is 1. The third-order valence-electron chi connectivity index (χ3n) is 5.10. The lowest BCUT2D eigenvalue weighted by Crippen LogP contribution is -2.28. The van der Waals surface area contributed by atoms with Gasteiger partial charge in [-0.2, -0.15) is 5.26 Å². The maximum absolute atomic E-state index is 9.67. The molecule has 2 aliphatic rings. The Morgan fingerprint density at radius 2 is 1.93 bits per heavy atom. The summed E-state index contributed by atoms with van der Waals surface area (Å²) in [7, 11) is 0. The molecule has 0 aliphatic carbocycles. The molecule has 134 valence electrons. The standard InChI is InChI=1S/C21H17N3O2S/c22-12-16-15(20-3-1-8-27-20)10-17-14-11-19-18(25-6-2-7-26-19)9-13(14)4-5-24(17)21(16)23/h1,3,8-11,23H,2,4-7H2. The molecule has 6 heteroatoms. The molecule has 0 atom stereocenters. The minimum Gasteiger partial charge on any atom is -0.490 e. The lowest BCUT2D eigenvalue weighted by molar-refractivity contribution is 0.297. The van der Waals surface area contributed by atoms with Gasteiger partial charge in [-0.25, -0.2) is 0 Å². The van der Waals surface area contributed by atoms with Gasteiger partial charge in [-0.05, 0) is 41.6 Å². The zero-order chi connectivity index (χ0) is 18.4. The Kier molecular flexibility index (Phi) is 3.76. The second-order valence-electron chi connectivity index (χ2n) is 6.66. The van der Waals surface area contributed by atoms with Crippen LogP contribution in [0.2, 0.25) is 0 Å². The van der Waals surface area contributed by atoms with E-state index in [0.717, 1.165) is 46.0 Å². The van der Waals surface area contributed by atoms with Gasteiger partial charge in [0.1, 0.15) is 17.1 Å². The summed E-state index contributed by atoms with van der Waals surface area (Å²) in [6, 6.07) is 12.4. The highest BCUT2D eigenvalue weighted by Gasteiger charge is 2.24. The molecule has 27 heavy (non-hydrogen) atoms. The number of hydrogen-bond donors (Lipinski definition) is 1. The lowest BCUT2D eigenvalue weighted by atomic mass is 9.94. The summed E-state index contributed by atoms with van der Waals surface area (Å²) in [5.41, 5.74) is 4.74.